The summed E-state index contributed by atoms with van der Waals surface area (Å²) < 4.78 is 18.4. The van der Waals surface area contributed by atoms with Crippen molar-refractivity contribution in [3.63, 3.8) is 0 Å². The highest BCUT2D eigenvalue weighted by Gasteiger charge is 2.33. The Bertz CT molecular complexity index is 1580. The average Bonchev–Trinajstić information content (AvgIpc) is 3.64. The largest absolute Gasteiger partial charge is 0.466 e. The summed E-state index contributed by atoms with van der Waals surface area (Å²) in [6, 6.07) is 13.8. The van der Waals surface area contributed by atoms with Crippen molar-refractivity contribution in [2.24, 2.45) is 0 Å². The topological polar surface area (TPSA) is 136 Å². The number of amides is 3. The van der Waals surface area contributed by atoms with E-state index in [1.165, 1.54) is 24.5 Å². The number of aliphatic hydroxyl groups excluding tert-OH is 1. The van der Waals surface area contributed by atoms with Crippen LogP contribution in [0, 0.1) is 19.7 Å². The van der Waals surface area contributed by atoms with Gasteiger partial charge in [-0.05, 0) is 79.9 Å². The van der Waals surface area contributed by atoms with Gasteiger partial charge in [-0.15, -0.1) is 0 Å². The molecule has 3 atom stereocenters. The van der Waals surface area contributed by atoms with Crippen LogP contribution in [-0.4, -0.2) is 27.8 Å². The Morgan fingerprint density at radius 2 is 1.88 bits per heavy atom. The van der Waals surface area contributed by atoms with E-state index in [9.17, 15) is 23.9 Å². The van der Waals surface area contributed by atoms with Gasteiger partial charge in [0.05, 0.1) is 23.9 Å². The van der Waals surface area contributed by atoms with Gasteiger partial charge in [-0.25, -0.2) is 4.39 Å². The highest BCUT2D eigenvalue weighted by Crippen LogP contribution is 2.37. The third kappa shape index (κ3) is 5.26. The molecule has 0 spiro atoms. The van der Waals surface area contributed by atoms with Gasteiger partial charge in [0.2, 0.25) is 5.91 Å². The number of aromatic amines is 1. The maximum Gasteiger partial charge on any atom is 0.261 e. The highest BCUT2D eigenvalue weighted by atomic mass is 19.1. The van der Waals surface area contributed by atoms with Gasteiger partial charge in [0.15, 0.2) is 6.10 Å². The van der Waals surface area contributed by atoms with E-state index in [0.717, 1.165) is 16.8 Å². The Balaban J connectivity index is 1.32. The van der Waals surface area contributed by atoms with Gasteiger partial charge in [-0.1, -0.05) is 12.1 Å². The van der Waals surface area contributed by atoms with E-state index in [4.69, 9.17) is 4.42 Å². The SMILES string of the molecule is Cc1[nH]c(CC2C(=O)Nc3ccc(C(=O)N[C@H](C)c4ccc(F)cc4)cc32)c(C)c1NC(=O)[C@H](O)c1ccco1. The fourth-order valence-corrected chi connectivity index (χ4v) is 4.96. The number of aromatic nitrogens is 1. The number of aliphatic hydroxyl groups is 1. The standard InChI is InChI=1S/C30H29FN4O5/c1-15-24(32-17(3)26(15)35-30(39)27(36)25-5-4-12-40-25)14-22-21-13-19(8-11-23(21)34-29(22)38)28(37)33-16(2)18-6-9-20(31)10-7-18/h4-13,16,22,27,32,36H,14H2,1-3H3,(H,33,37)(H,34,38)(H,35,39)/t16-,22?,27-/m1/s1. The molecule has 0 radical (unpaired) electrons. The summed E-state index contributed by atoms with van der Waals surface area (Å²) in [5.41, 5.74) is 5.16. The van der Waals surface area contributed by atoms with Crippen molar-refractivity contribution in [3.05, 3.63) is 106 Å². The Kier molecular flexibility index (Phi) is 7.27. The third-order valence-electron chi connectivity index (χ3n) is 7.24. The number of carbonyl (C=O) groups is 3. The van der Waals surface area contributed by atoms with Crippen LogP contribution in [0.3, 0.4) is 0 Å². The number of H-pyrrole nitrogens is 1. The van der Waals surface area contributed by atoms with Crippen LogP contribution in [0.5, 0.6) is 0 Å². The van der Waals surface area contributed by atoms with E-state index in [1.807, 2.05) is 13.8 Å². The van der Waals surface area contributed by atoms with E-state index >= 15 is 0 Å². The van der Waals surface area contributed by atoms with Gasteiger partial charge < -0.3 is 30.5 Å². The molecule has 5 N–H and O–H groups in total. The number of halogens is 1. The third-order valence-corrected chi connectivity index (χ3v) is 7.24. The zero-order chi connectivity index (χ0) is 28.6. The van der Waals surface area contributed by atoms with Gasteiger partial charge in [0.25, 0.3) is 11.8 Å². The van der Waals surface area contributed by atoms with Gasteiger partial charge in [0.1, 0.15) is 11.6 Å². The predicted octanol–water partition coefficient (Wildman–Crippen LogP) is 4.81. The van der Waals surface area contributed by atoms with Gasteiger partial charge in [-0.2, -0.15) is 0 Å². The molecule has 0 fully saturated rings. The number of hydrogen-bond donors (Lipinski definition) is 5. The van der Waals surface area contributed by atoms with Crippen molar-refractivity contribution < 1.29 is 28.3 Å². The van der Waals surface area contributed by atoms with Crippen LogP contribution in [0.2, 0.25) is 0 Å². The van der Waals surface area contributed by atoms with Crippen molar-refractivity contribution in [1.82, 2.24) is 10.3 Å². The van der Waals surface area contributed by atoms with Crippen molar-refractivity contribution >= 4 is 29.1 Å². The molecule has 0 saturated heterocycles. The fraction of sp³-hybridized carbons (Fsp3) is 0.233. The second kappa shape index (κ2) is 10.8. The number of anilines is 2. The average molecular weight is 545 g/mol. The van der Waals surface area contributed by atoms with E-state index < -0.39 is 17.9 Å². The molecular formula is C30H29FN4O5. The second-order valence-corrected chi connectivity index (χ2v) is 9.93. The Labute approximate surface area is 229 Å². The number of benzene rings is 2. The first-order valence-corrected chi connectivity index (χ1v) is 12.8. The minimum Gasteiger partial charge on any atom is -0.466 e. The molecular weight excluding hydrogens is 515 g/mol. The van der Waals surface area contributed by atoms with Gasteiger partial charge >= 0.3 is 0 Å². The summed E-state index contributed by atoms with van der Waals surface area (Å²) in [4.78, 5) is 41.8. The molecule has 4 aromatic rings. The Morgan fingerprint density at radius 3 is 2.58 bits per heavy atom. The molecule has 3 amide bonds. The Hall–Kier alpha value is -4.70. The number of carbonyl (C=O) groups excluding carboxylic acids is 3. The summed E-state index contributed by atoms with van der Waals surface area (Å²) in [5, 5.41) is 18.8. The number of rotatable bonds is 8. The van der Waals surface area contributed by atoms with Crippen molar-refractivity contribution in [3.8, 4) is 0 Å². The van der Waals surface area contributed by atoms with E-state index in [0.29, 0.717) is 34.6 Å². The molecule has 9 nitrogen and oxygen atoms in total. The van der Waals surface area contributed by atoms with E-state index in [1.54, 1.807) is 43.3 Å². The van der Waals surface area contributed by atoms with E-state index in [2.05, 4.69) is 20.9 Å². The molecule has 0 saturated carbocycles. The Morgan fingerprint density at radius 1 is 1.12 bits per heavy atom. The number of aryl methyl sites for hydroxylation is 1. The second-order valence-electron chi connectivity index (χ2n) is 9.93. The number of hydrogen-bond acceptors (Lipinski definition) is 5. The van der Waals surface area contributed by atoms with Gasteiger partial charge in [-0.3, -0.25) is 14.4 Å². The lowest BCUT2D eigenvalue weighted by Crippen LogP contribution is -2.26. The molecule has 1 aliphatic heterocycles. The highest BCUT2D eigenvalue weighted by molar-refractivity contribution is 6.05. The van der Waals surface area contributed by atoms with Crippen LogP contribution in [0.25, 0.3) is 0 Å². The number of fused-ring (bicyclic) bond motifs is 1. The molecule has 10 heteroatoms. The molecule has 2 aromatic heterocycles. The number of nitrogens with one attached hydrogen (secondary N) is 4. The predicted molar refractivity (Wildman–Crippen MR) is 146 cm³/mol. The quantitative estimate of drug-likeness (QED) is 0.217. The lowest BCUT2D eigenvalue weighted by Gasteiger charge is -2.15. The summed E-state index contributed by atoms with van der Waals surface area (Å²) >= 11 is 0. The normalized spacial score (nSPS) is 15.7. The smallest absolute Gasteiger partial charge is 0.261 e. The molecule has 0 bridgehead atoms. The summed E-state index contributed by atoms with van der Waals surface area (Å²) in [5.74, 6) is -1.93. The fourth-order valence-electron chi connectivity index (χ4n) is 4.96. The minimum absolute atomic E-state index is 0.134. The molecule has 3 heterocycles. The van der Waals surface area contributed by atoms with Crippen molar-refractivity contribution in [1.29, 1.82) is 0 Å². The first kappa shape index (κ1) is 26.9. The van der Waals surface area contributed by atoms with Crippen LogP contribution < -0.4 is 16.0 Å². The summed E-state index contributed by atoms with van der Waals surface area (Å²) in [7, 11) is 0. The molecule has 40 heavy (non-hydrogen) atoms. The van der Waals surface area contributed by atoms with E-state index in [-0.39, 0.29) is 29.4 Å². The monoisotopic (exact) mass is 544 g/mol. The maximum absolute atomic E-state index is 13.3. The van der Waals surface area contributed by atoms with Crippen LogP contribution in [0.15, 0.2) is 65.3 Å². The van der Waals surface area contributed by atoms with Crippen LogP contribution >= 0.6 is 0 Å². The summed E-state index contributed by atoms with van der Waals surface area (Å²) in [6.07, 6.45) is 0.219. The molecule has 1 aliphatic rings. The summed E-state index contributed by atoms with van der Waals surface area (Å²) in [6.45, 7) is 5.42. The van der Waals surface area contributed by atoms with Crippen LogP contribution in [0.4, 0.5) is 15.8 Å². The lowest BCUT2D eigenvalue weighted by molar-refractivity contribution is -0.125. The molecule has 206 valence electrons. The molecule has 5 rings (SSSR count). The zero-order valence-electron chi connectivity index (χ0n) is 22.2. The van der Waals surface area contributed by atoms with Crippen molar-refractivity contribution in [2.45, 2.75) is 45.3 Å². The molecule has 1 unspecified atom stereocenters. The first-order chi connectivity index (χ1) is 19.1. The first-order valence-electron chi connectivity index (χ1n) is 12.8. The number of furan rings is 1. The van der Waals surface area contributed by atoms with Gasteiger partial charge in [0, 0.05) is 29.1 Å². The zero-order valence-corrected chi connectivity index (χ0v) is 22.2. The maximum atomic E-state index is 13.3. The minimum atomic E-state index is -1.46. The van der Waals surface area contributed by atoms with Crippen molar-refractivity contribution in [2.75, 3.05) is 10.6 Å². The van der Waals surface area contributed by atoms with Crippen LogP contribution in [0.1, 0.15) is 69.2 Å². The molecule has 0 aliphatic carbocycles. The van der Waals surface area contributed by atoms with Crippen LogP contribution in [-0.2, 0) is 16.0 Å². The molecule has 2 aromatic carbocycles. The lowest BCUT2D eigenvalue weighted by atomic mass is 9.93.